The van der Waals surface area contributed by atoms with Crippen molar-refractivity contribution >= 4 is 12.1 Å². The Bertz CT molecular complexity index is 208. The van der Waals surface area contributed by atoms with Crippen LogP contribution in [-0.4, -0.2) is 37.0 Å². The normalized spacial score (nSPS) is 11.0. The third-order valence-electron chi connectivity index (χ3n) is 1.81. The maximum Gasteiger partial charge on any atom is 0.404 e. The summed E-state index contributed by atoms with van der Waals surface area (Å²) in [5.41, 5.74) is 4.43. The Morgan fingerprint density at radius 2 is 1.94 bits per heavy atom. The zero-order valence-corrected chi connectivity index (χ0v) is 10.8. The number of carboxylic acids is 1. The fourth-order valence-corrected chi connectivity index (χ4v) is 0.943. The molecule has 0 aliphatic heterocycles. The Morgan fingerprint density at radius 3 is 2.29 bits per heavy atom. The molecule has 0 unspecified atom stereocenters. The molecule has 3 N–H and O–H groups in total. The summed E-state index contributed by atoms with van der Waals surface area (Å²) in [5, 5.41) is 8.36. The lowest BCUT2D eigenvalue weighted by atomic mass is 10.2. The van der Waals surface area contributed by atoms with Gasteiger partial charge >= 0.3 is 12.1 Å². The smallest absolute Gasteiger partial charge is 0.404 e. The lowest BCUT2D eigenvalue weighted by Gasteiger charge is -2.10. The molecule has 0 aliphatic rings. The van der Waals surface area contributed by atoms with Crippen molar-refractivity contribution in [3.63, 3.8) is 0 Å². The fraction of sp³-hybridized carbons (Fsp3) is 0.818. The summed E-state index contributed by atoms with van der Waals surface area (Å²) >= 11 is 0. The van der Waals surface area contributed by atoms with Gasteiger partial charge in [0.25, 0.3) is 0 Å². The van der Waals surface area contributed by atoms with E-state index in [4.69, 9.17) is 9.84 Å². The minimum atomic E-state index is -0.745. The number of nitrogens with two attached hydrogens (primary N) is 1. The number of amides is 1. The molecule has 0 saturated carbocycles. The molecule has 0 aliphatic carbocycles. The van der Waals surface area contributed by atoms with Crippen molar-refractivity contribution in [3.8, 4) is 0 Å². The van der Waals surface area contributed by atoms with Gasteiger partial charge < -0.3 is 20.3 Å². The summed E-state index contributed by atoms with van der Waals surface area (Å²) < 4.78 is 9.27. The second-order valence-electron chi connectivity index (χ2n) is 3.49. The first-order valence-electron chi connectivity index (χ1n) is 5.60. The molecule has 0 fully saturated rings. The van der Waals surface area contributed by atoms with Crippen molar-refractivity contribution in [2.75, 3.05) is 13.7 Å². The Hall–Kier alpha value is -1.30. The van der Waals surface area contributed by atoms with Crippen LogP contribution in [-0.2, 0) is 14.3 Å². The van der Waals surface area contributed by atoms with Crippen LogP contribution in [0.2, 0.25) is 0 Å². The van der Waals surface area contributed by atoms with Crippen molar-refractivity contribution < 1.29 is 24.2 Å². The Morgan fingerprint density at radius 1 is 1.41 bits per heavy atom. The number of carbonyl (C=O) groups is 2. The van der Waals surface area contributed by atoms with Crippen LogP contribution in [0.1, 0.15) is 39.5 Å². The third-order valence-corrected chi connectivity index (χ3v) is 1.81. The van der Waals surface area contributed by atoms with E-state index in [9.17, 15) is 9.59 Å². The highest BCUT2D eigenvalue weighted by molar-refractivity contribution is 5.66. The molecule has 0 aromatic heterocycles. The number of hydrogen-bond acceptors (Lipinski definition) is 4. The lowest BCUT2D eigenvalue weighted by molar-refractivity contribution is -0.137. The average molecular weight is 249 g/mol. The summed E-state index contributed by atoms with van der Waals surface area (Å²) in [7, 11) is 1.22. The van der Waals surface area contributed by atoms with Crippen LogP contribution in [0.15, 0.2) is 0 Å². The average Bonchev–Trinajstić information content (AvgIpc) is 2.26. The van der Waals surface area contributed by atoms with E-state index < -0.39 is 12.1 Å². The van der Waals surface area contributed by atoms with E-state index in [1.165, 1.54) is 7.11 Å². The van der Waals surface area contributed by atoms with E-state index >= 15 is 0 Å². The van der Waals surface area contributed by atoms with Crippen LogP contribution in [0.4, 0.5) is 4.79 Å². The molecule has 0 aromatic carbocycles. The van der Waals surface area contributed by atoms with Gasteiger partial charge in [-0.1, -0.05) is 6.92 Å². The third kappa shape index (κ3) is 20.7. The van der Waals surface area contributed by atoms with Gasteiger partial charge in [0, 0.05) is 13.0 Å². The maximum atomic E-state index is 10.2. The second kappa shape index (κ2) is 12.8. The van der Waals surface area contributed by atoms with Gasteiger partial charge in [-0.15, -0.1) is 0 Å². The quantitative estimate of drug-likeness (QED) is 0.716. The molecule has 0 rings (SSSR count). The van der Waals surface area contributed by atoms with Crippen molar-refractivity contribution in [1.29, 1.82) is 0 Å². The van der Waals surface area contributed by atoms with Crippen LogP contribution in [0.3, 0.4) is 0 Å². The maximum absolute atomic E-state index is 10.2. The van der Waals surface area contributed by atoms with Gasteiger partial charge in [0.1, 0.15) is 0 Å². The molecule has 102 valence electrons. The van der Waals surface area contributed by atoms with Gasteiger partial charge in [0.05, 0.1) is 13.2 Å². The van der Waals surface area contributed by atoms with Gasteiger partial charge in [-0.3, -0.25) is 4.79 Å². The summed E-state index contributed by atoms with van der Waals surface area (Å²) in [6.07, 6.45) is 2.27. The number of rotatable bonds is 7. The van der Waals surface area contributed by atoms with E-state index in [2.05, 4.69) is 17.4 Å². The Kier molecular flexibility index (Phi) is 13.6. The van der Waals surface area contributed by atoms with Gasteiger partial charge in [-0.05, 0) is 26.2 Å². The largest absolute Gasteiger partial charge is 0.481 e. The number of primary amides is 1. The molecule has 1 atom stereocenters. The first-order chi connectivity index (χ1) is 7.93. The van der Waals surface area contributed by atoms with Gasteiger partial charge in [-0.25, -0.2) is 4.79 Å². The highest BCUT2D eigenvalue weighted by Crippen LogP contribution is 2.04. The van der Waals surface area contributed by atoms with Gasteiger partial charge in [-0.2, -0.15) is 0 Å². The van der Waals surface area contributed by atoms with Crippen molar-refractivity contribution in [2.24, 2.45) is 5.73 Å². The molecule has 17 heavy (non-hydrogen) atoms. The minimum absolute atomic E-state index is 0.198. The van der Waals surface area contributed by atoms with E-state index in [0.717, 1.165) is 19.4 Å². The lowest BCUT2D eigenvalue weighted by Crippen LogP contribution is -2.09. The summed E-state index contributed by atoms with van der Waals surface area (Å²) in [6.45, 7) is 4.82. The Labute approximate surface area is 102 Å². The van der Waals surface area contributed by atoms with Crippen LogP contribution >= 0.6 is 0 Å². The summed E-state index contributed by atoms with van der Waals surface area (Å²) in [5.74, 6) is -0.724. The van der Waals surface area contributed by atoms with Crippen molar-refractivity contribution in [2.45, 2.75) is 45.6 Å². The zero-order valence-electron chi connectivity index (χ0n) is 10.8. The van der Waals surface area contributed by atoms with Gasteiger partial charge in [0.15, 0.2) is 0 Å². The highest BCUT2D eigenvalue weighted by Gasteiger charge is 2.03. The summed E-state index contributed by atoms with van der Waals surface area (Å²) in [4.78, 5) is 19.5. The number of carbonyl (C=O) groups excluding carboxylic acids is 1. The predicted molar refractivity (Wildman–Crippen MR) is 63.8 cm³/mol. The molecular weight excluding hydrogens is 226 g/mol. The topological polar surface area (TPSA) is 98.8 Å². The summed E-state index contributed by atoms with van der Waals surface area (Å²) in [6, 6.07) is 0. The molecule has 0 aromatic rings. The molecule has 0 saturated heterocycles. The number of methoxy groups -OCH3 is 1. The molecule has 0 spiro atoms. The molecule has 0 heterocycles. The van der Waals surface area contributed by atoms with E-state index in [-0.39, 0.29) is 12.5 Å². The molecule has 0 bridgehead atoms. The SMILES string of the molecule is CCCO[C@H](C)CCCC(=O)O.COC(N)=O. The van der Waals surface area contributed by atoms with E-state index in [1.54, 1.807) is 0 Å². The number of hydrogen-bond donors (Lipinski definition) is 2. The molecular formula is C11H23NO5. The standard InChI is InChI=1S/C9H18O3.C2H5NO2/c1-3-7-12-8(2)5-4-6-9(10)11;1-5-2(3)4/h8H,3-7H2,1-2H3,(H,10,11);1H3,(H2,3,4)/t8-;/m1./s1. The zero-order chi connectivity index (χ0) is 13.7. The highest BCUT2D eigenvalue weighted by atomic mass is 16.5. The predicted octanol–water partition coefficient (Wildman–Crippen LogP) is 1.77. The van der Waals surface area contributed by atoms with Gasteiger partial charge in [0.2, 0.25) is 0 Å². The number of ether oxygens (including phenoxy) is 2. The van der Waals surface area contributed by atoms with Crippen LogP contribution in [0.25, 0.3) is 0 Å². The monoisotopic (exact) mass is 249 g/mol. The minimum Gasteiger partial charge on any atom is -0.481 e. The van der Waals surface area contributed by atoms with Crippen molar-refractivity contribution in [1.82, 2.24) is 0 Å². The number of aliphatic carboxylic acids is 1. The molecule has 6 heteroatoms. The van der Waals surface area contributed by atoms with Crippen LogP contribution in [0, 0.1) is 0 Å². The molecule has 0 radical (unpaired) electrons. The Balaban J connectivity index is 0. The van der Waals surface area contributed by atoms with E-state index in [0.29, 0.717) is 6.42 Å². The second-order valence-corrected chi connectivity index (χ2v) is 3.49. The molecule has 6 nitrogen and oxygen atoms in total. The van der Waals surface area contributed by atoms with Crippen LogP contribution < -0.4 is 5.73 Å². The van der Waals surface area contributed by atoms with E-state index in [1.807, 2.05) is 6.92 Å². The fourth-order valence-electron chi connectivity index (χ4n) is 0.943. The van der Waals surface area contributed by atoms with Crippen LogP contribution in [0.5, 0.6) is 0 Å². The van der Waals surface area contributed by atoms with Crippen molar-refractivity contribution in [3.05, 3.63) is 0 Å². The molecule has 1 amide bonds. The number of carboxylic acid groups (broad SMARTS) is 1. The first kappa shape index (κ1) is 18.1. The first-order valence-corrected chi connectivity index (χ1v) is 5.60.